The van der Waals surface area contributed by atoms with Crippen molar-refractivity contribution in [2.24, 2.45) is 0 Å². The molecular weight excluding hydrogens is 300 g/mol. The van der Waals surface area contributed by atoms with Crippen molar-refractivity contribution >= 4 is 17.0 Å². The Morgan fingerprint density at radius 2 is 1.79 bits per heavy atom. The molecule has 3 nitrogen and oxygen atoms in total. The van der Waals surface area contributed by atoms with Crippen LogP contribution in [0.1, 0.15) is 27.8 Å². The summed E-state index contributed by atoms with van der Waals surface area (Å²) in [5, 5.41) is 0.861. The fraction of sp³-hybridized carbons (Fsp3) is 0.190. The molecule has 3 aromatic rings. The number of hydrogen-bond donors (Lipinski definition) is 0. The Morgan fingerprint density at radius 3 is 2.46 bits per heavy atom. The third kappa shape index (κ3) is 2.98. The lowest BCUT2D eigenvalue weighted by Gasteiger charge is -2.13. The largest absolute Gasteiger partial charge is 0.488 e. The van der Waals surface area contributed by atoms with Gasteiger partial charge in [-0.15, -0.1) is 0 Å². The minimum atomic E-state index is -0.295. The van der Waals surface area contributed by atoms with Gasteiger partial charge in [-0.05, 0) is 55.2 Å². The van der Waals surface area contributed by atoms with Gasteiger partial charge in [0.05, 0.1) is 5.39 Å². The first-order valence-corrected chi connectivity index (χ1v) is 7.88. The molecular formula is C21H20O3. The summed E-state index contributed by atoms with van der Waals surface area (Å²) in [6.45, 7) is 9.87. The highest BCUT2D eigenvalue weighted by Crippen LogP contribution is 2.31. The van der Waals surface area contributed by atoms with Crippen molar-refractivity contribution in [3.8, 4) is 5.75 Å². The summed E-state index contributed by atoms with van der Waals surface area (Å²) in [5.41, 5.74) is 4.93. The van der Waals surface area contributed by atoms with E-state index in [1.807, 2.05) is 56.3 Å². The lowest BCUT2D eigenvalue weighted by atomic mass is 10.0. The summed E-state index contributed by atoms with van der Waals surface area (Å²) >= 11 is 0. The van der Waals surface area contributed by atoms with Crippen LogP contribution in [-0.4, -0.2) is 0 Å². The van der Waals surface area contributed by atoms with Gasteiger partial charge in [0.25, 0.3) is 0 Å². The molecule has 0 spiro atoms. The molecule has 0 saturated heterocycles. The molecule has 0 unspecified atom stereocenters. The predicted molar refractivity (Wildman–Crippen MR) is 97.6 cm³/mol. The molecule has 0 N–H and O–H groups in total. The van der Waals surface area contributed by atoms with Crippen molar-refractivity contribution in [3.05, 3.63) is 81.2 Å². The monoisotopic (exact) mass is 320 g/mol. The molecule has 0 saturated carbocycles. The fourth-order valence-corrected chi connectivity index (χ4v) is 2.71. The molecule has 24 heavy (non-hydrogen) atoms. The van der Waals surface area contributed by atoms with Crippen molar-refractivity contribution in [1.29, 1.82) is 0 Å². The summed E-state index contributed by atoms with van der Waals surface area (Å²) in [6, 6.07) is 11.9. The zero-order valence-corrected chi connectivity index (χ0v) is 14.2. The number of hydrogen-bond acceptors (Lipinski definition) is 3. The smallest absolute Gasteiger partial charge is 0.339 e. The van der Waals surface area contributed by atoms with Crippen molar-refractivity contribution < 1.29 is 9.15 Å². The molecule has 0 aliphatic heterocycles. The highest BCUT2D eigenvalue weighted by Gasteiger charge is 2.13. The van der Waals surface area contributed by atoms with E-state index in [2.05, 4.69) is 6.58 Å². The van der Waals surface area contributed by atoms with Gasteiger partial charge < -0.3 is 9.15 Å². The third-order valence-electron chi connectivity index (χ3n) is 4.27. The zero-order valence-electron chi connectivity index (χ0n) is 14.2. The highest BCUT2D eigenvalue weighted by atomic mass is 16.5. The van der Waals surface area contributed by atoms with Crippen LogP contribution in [0, 0.1) is 20.8 Å². The van der Waals surface area contributed by atoms with Gasteiger partial charge in [-0.25, -0.2) is 4.79 Å². The summed E-state index contributed by atoms with van der Waals surface area (Å²) in [4.78, 5) is 11.9. The highest BCUT2D eigenvalue weighted by molar-refractivity contribution is 5.88. The molecule has 0 atom stereocenters. The Labute approximate surface area is 141 Å². The van der Waals surface area contributed by atoms with Crippen LogP contribution in [0.15, 0.2) is 52.2 Å². The first kappa shape index (κ1) is 16.1. The maximum atomic E-state index is 11.9. The maximum Gasteiger partial charge on any atom is 0.339 e. The molecule has 3 heteroatoms. The van der Waals surface area contributed by atoms with Gasteiger partial charge in [-0.3, -0.25) is 0 Å². The normalized spacial score (nSPS) is 10.8. The number of benzene rings is 2. The predicted octanol–water partition coefficient (Wildman–Crippen LogP) is 4.94. The lowest BCUT2D eigenvalue weighted by molar-refractivity contribution is 0.309. The Kier molecular flexibility index (Phi) is 4.26. The molecule has 0 fully saturated rings. The minimum absolute atomic E-state index is 0.295. The van der Waals surface area contributed by atoms with Gasteiger partial charge in [0.15, 0.2) is 0 Å². The van der Waals surface area contributed by atoms with Crippen LogP contribution in [0.4, 0.5) is 0 Å². The summed E-state index contributed by atoms with van der Waals surface area (Å²) in [5.74, 6) is 0.738. The summed E-state index contributed by atoms with van der Waals surface area (Å²) in [6.07, 6.45) is 1.81. The fourth-order valence-electron chi connectivity index (χ4n) is 2.71. The Bertz CT molecular complexity index is 963. The molecule has 1 heterocycles. The summed E-state index contributed by atoms with van der Waals surface area (Å²) < 4.78 is 11.5. The quantitative estimate of drug-likeness (QED) is 0.639. The van der Waals surface area contributed by atoms with Crippen LogP contribution in [-0.2, 0) is 6.61 Å². The third-order valence-corrected chi connectivity index (χ3v) is 4.27. The standard InChI is InChI=1S/C21H20O3/c1-5-16-6-8-17(9-7-16)12-23-18-10-13(2)11-19-20(18)14(3)15(4)21(22)24-19/h5-11H,1,12H2,2-4H3. The van der Waals surface area contributed by atoms with Gasteiger partial charge in [0.1, 0.15) is 17.9 Å². The van der Waals surface area contributed by atoms with Gasteiger partial charge in [0.2, 0.25) is 0 Å². The molecule has 2 aromatic carbocycles. The average molecular weight is 320 g/mol. The first-order valence-electron chi connectivity index (χ1n) is 7.88. The molecule has 0 aliphatic carbocycles. The van der Waals surface area contributed by atoms with Crippen molar-refractivity contribution in [1.82, 2.24) is 0 Å². The van der Waals surface area contributed by atoms with E-state index >= 15 is 0 Å². The van der Waals surface area contributed by atoms with Crippen molar-refractivity contribution in [3.63, 3.8) is 0 Å². The molecule has 0 radical (unpaired) electrons. The Morgan fingerprint density at radius 1 is 1.08 bits per heavy atom. The second-order valence-electron chi connectivity index (χ2n) is 6.01. The van der Waals surface area contributed by atoms with E-state index in [0.29, 0.717) is 17.8 Å². The van der Waals surface area contributed by atoms with Gasteiger partial charge in [-0.1, -0.05) is 36.9 Å². The van der Waals surface area contributed by atoms with Crippen molar-refractivity contribution in [2.75, 3.05) is 0 Å². The van der Waals surface area contributed by atoms with Crippen LogP contribution in [0.2, 0.25) is 0 Å². The van der Waals surface area contributed by atoms with Crippen LogP contribution in [0.25, 0.3) is 17.0 Å². The molecule has 1 aromatic heterocycles. The average Bonchev–Trinajstić information content (AvgIpc) is 2.57. The van der Waals surface area contributed by atoms with E-state index in [4.69, 9.17) is 9.15 Å². The number of fused-ring (bicyclic) bond motifs is 1. The topological polar surface area (TPSA) is 39.4 Å². The van der Waals surface area contributed by atoms with Crippen LogP contribution in [0.5, 0.6) is 5.75 Å². The van der Waals surface area contributed by atoms with Crippen LogP contribution < -0.4 is 10.4 Å². The maximum absolute atomic E-state index is 11.9. The number of rotatable bonds is 4. The molecule has 0 amide bonds. The first-order chi connectivity index (χ1) is 11.5. The van der Waals surface area contributed by atoms with E-state index in [9.17, 15) is 4.79 Å². The Hall–Kier alpha value is -2.81. The van der Waals surface area contributed by atoms with E-state index < -0.39 is 0 Å². The minimum Gasteiger partial charge on any atom is -0.488 e. The second kappa shape index (κ2) is 6.36. The molecule has 0 aliphatic rings. The molecule has 0 bridgehead atoms. The molecule has 3 rings (SSSR count). The number of aryl methyl sites for hydroxylation is 2. The van der Waals surface area contributed by atoms with Gasteiger partial charge in [-0.2, -0.15) is 0 Å². The Balaban J connectivity index is 2.00. The van der Waals surface area contributed by atoms with Gasteiger partial charge >= 0.3 is 5.63 Å². The zero-order chi connectivity index (χ0) is 17.3. The van der Waals surface area contributed by atoms with E-state index in [1.54, 1.807) is 6.92 Å². The number of ether oxygens (including phenoxy) is 1. The lowest BCUT2D eigenvalue weighted by Crippen LogP contribution is -2.07. The van der Waals surface area contributed by atoms with Crippen LogP contribution in [0.3, 0.4) is 0 Å². The SMILES string of the molecule is C=Cc1ccc(COc2cc(C)cc3oc(=O)c(C)c(C)c23)cc1. The van der Waals surface area contributed by atoms with E-state index in [1.165, 1.54) is 0 Å². The van der Waals surface area contributed by atoms with Crippen LogP contribution >= 0.6 is 0 Å². The molecule has 122 valence electrons. The van der Waals surface area contributed by atoms with Crippen molar-refractivity contribution in [2.45, 2.75) is 27.4 Å². The second-order valence-corrected chi connectivity index (χ2v) is 6.01. The van der Waals surface area contributed by atoms with E-state index in [0.717, 1.165) is 33.4 Å². The summed E-state index contributed by atoms with van der Waals surface area (Å²) in [7, 11) is 0. The van der Waals surface area contributed by atoms with Gasteiger partial charge in [0, 0.05) is 5.56 Å². The van der Waals surface area contributed by atoms with E-state index in [-0.39, 0.29) is 5.63 Å².